The molecule has 0 spiro atoms. The summed E-state index contributed by atoms with van der Waals surface area (Å²) in [5.41, 5.74) is 3.93. The van der Waals surface area contributed by atoms with Crippen molar-refractivity contribution in [2.75, 3.05) is 6.61 Å². The minimum absolute atomic E-state index is 0.00356. The van der Waals surface area contributed by atoms with Crippen LogP contribution < -0.4 is 0 Å². The van der Waals surface area contributed by atoms with Crippen LogP contribution in [0.2, 0.25) is 0 Å². The average Bonchev–Trinajstić information content (AvgIpc) is 3.06. The molecule has 5 rings (SSSR count). The number of hydrogen-bond donors (Lipinski definition) is 3. The highest BCUT2D eigenvalue weighted by Crippen LogP contribution is 2.40. The fraction of sp³-hybridized carbons (Fsp3) is 0.278. The maximum atomic E-state index is 9.38. The Kier molecular flexibility index (Phi) is 3.21. The van der Waals surface area contributed by atoms with Gasteiger partial charge in [-0.15, -0.1) is 0 Å². The summed E-state index contributed by atoms with van der Waals surface area (Å²) < 4.78 is 1.73. The van der Waals surface area contributed by atoms with Crippen molar-refractivity contribution >= 4 is 10.9 Å². The number of aromatic nitrogens is 6. The first-order valence-corrected chi connectivity index (χ1v) is 8.51. The highest BCUT2D eigenvalue weighted by atomic mass is 16.3. The average molecular weight is 334 g/mol. The third kappa shape index (κ3) is 2.44. The summed E-state index contributed by atoms with van der Waals surface area (Å²) in [6, 6.07) is 10.1. The maximum Gasteiger partial charge on any atom is 0.183 e. The lowest BCUT2D eigenvalue weighted by atomic mass is 10.2. The van der Waals surface area contributed by atoms with E-state index < -0.39 is 0 Å². The van der Waals surface area contributed by atoms with Crippen LogP contribution in [0.3, 0.4) is 0 Å². The van der Waals surface area contributed by atoms with E-state index in [2.05, 4.69) is 26.3 Å². The number of nitrogens with zero attached hydrogens (tertiary/aromatic N) is 4. The molecule has 126 valence electrons. The third-order valence-electron chi connectivity index (χ3n) is 4.66. The van der Waals surface area contributed by atoms with Crippen molar-refractivity contribution in [3.63, 3.8) is 0 Å². The largest absolute Gasteiger partial charge is 0.394 e. The molecule has 7 nitrogen and oxygen atoms in total. The third-order valence-corrected chi connectivity index (χ3v) is 4.66. The van der Waals surface area contributed by atoms with Gasteiger partial charge in [-0.2, -0.15) is 10.2 Å². The van der Waals surface area contributed by atoms with Crippen LogP contribution in [-0.4, -0.2) is 41.7 Å². The predicted molar refractivity (Wildman–Crippen MR) is 94.0 cm³/mol. The molecule has 0 radical (unpaired) electrons. The van der Waals surface area contributed by atoms with Crippen LogP contribution >= 0.6 is 0 Å². The number of nitrogens with one attached hydrogen (secondary N) is 2. The number of hydrogen-bond acceptors (Lipinski definition) is 4. The highest BCUT2D eigenvalue weighted by Gasteiger charge is 2.27. The van der Waals surface area contributed by atoms with Gasteiger partial charge in [0.2, 0.25) is 0 Å². The van der Waals surface area contributed by atoms with E-state index in [0.29, 0.717) is 24.1 Å². The molecule has 1 aliphatic carbocycles. The second-order valence-corrected chi connectivity index (χ2v) is 6.44. The molecular formula is C18H18N6O. The van der Waals surface area contributed by atoms with Gasteiger partial charge in [-0.25, -0.2) is 9.67 Å². The molecule has 3 N–H and O–H groups in total. The van der Waals surface area contributed by atoms with Crippen LogP contribution in [0.1, 0.15) is 24.5 Å². The van der Waals surface area contributed by atoms with Crippen molar-refractivity contribution in [3.05, 3.63) is 42.2 Å². The van der Waals surface area contributed by atoms with Gasteiger partial charge in [-0.1, -0.05) is 18.2 Å². The number of para-hydroxylation sites is 1. The van der Waals surface area contributed by atoms with E-state index in [4.69, 9.17) is 4.98 Å². The summed E-state index contributed by atoms with van der Waals surface area (Å²) in [5.74, 6) is 1.91. The smallest absolute Gasteiger partial charge is 0.183 e. The summed E-state index contributed by atoms with van der Waals surface area (Å²) in [5, 5.41) is 22.6. The SMILES string of the molecule is OCCn1nc(-c2c[nH]c3ccccc23)nc1-c1cc(C2CC2)[nH]n1. The lowest BCUT2D eigenvalue weighted by Crippen LogP contribution is -2.06. The molecule has 1 aliphatic rings. The molecule has 3 aromatic heterocycles. The number of aromatic amines is 2. The van der Waals surface area contributed by atoms with Crippen LogP contribution in [0.25, 0.3) is 33.8 Å². The molecule has 7 heteroatoms. The molecule has 25 heavy (non-hydrogen) atoms. The Bertz CT molecular complexity index is 1040. The summed E-state index contributed by atoms with van der Waals surface area (Å²) in [6.45, 7) is 0.389. The molecule has 1 aromatic carbocycles. The van der Waals surface area contributed by atoms with Crippen molar-refractivity contribution in [3.8, 4) is 22.9 Å². The van der Waals surface area contributed by atoms with Gasteiger partial charge in [-0.3, -0.25) is 5.10 Å². The maximum absolute atomic E-state index is 9.38. The lowest BCUT2D eigenvalue weighted by Gasteiger charge is -1.99. The Balaban J connectivity index is 1.61. The van der Waals surface area contributed by atoms with Crippen molar-refractivity contribution in [1.82, 2.24) is 29.9 Å². The van der Waals surface area contributed by atoms with Gasteiger partial charge >= 0.3 is 0 Å². The first kappa shape index (κ1) is 14.4. The number of rotatable bonds is 5. The molecule has 3 heterocycles. The summed E-state index contributed by atoms with van der Waals surface area (Å²) in [6.07, 6.45) is 4.35. The van der Waals surface area contributed by atoms with E-state index in [9.17, 15) is 5.11 Å². The molecule has 0 unspecified atom stereocenters. The van der Waals surface area contributed by atoms with E-state index in [1.807, 2.05) is 30.5 Å². The van der Waals surface area contributed by atoms with E-state index in [0.717, 1.165) is 27.9 Å². The van der Waals surface area contributed by atoms with E-state index in [1.165, 1.54) is 12.8 Å². The van der Waals surface area contributed by atoms with Gasteiger partial charge < -0.3 is 10.1 Å². The second-order valence-electron chi connectivity index (χ2n) is 6.44. The lowest BCUT2D eigenvalue weighted by molar-refractivity contribution is 0.270. The normalized spacial score (nSPS) is 14.4. The molecule has 1 saturated carbocycles. The summed E-state index contributed by atoms with van der Waals surface area (Å²) in [4.78, 5) is 7.98. The minimum Gasteiger partial charge on any atom is -0.394 e. The molecule has 0 amide bonds. The molecule has 0 saturated heterocycles. The monoisotopic (exact) mass is 334 g/mol. The number of aliphatic hydroxyl groups excluding tert-OH is 1. The van der Waals surface area contributed by atoms with Crippen LogP contribution in [0.15, 0.2) is 36.5 Å². The first-order valence-electron chi connectivity index (χ1n) is 8.51. The van der Waals surface area contributed by atoms with E-state index >= 15 is 0 Å². The fourth-order valence-corrected chi connectivity index (χ4v) is 3.21. The standard InChI is InChI=1S/C18H18N6O/c25-8-7-24-18(16-9-15(21-22-16)11-5-6-11)20-17(23-24)13-10-19-14-4-2-1-3-12(13)14/h1-4,9-11,19,25H,5-8H2,(H,21,22). The van der Waals surface area contributed by atoms with Crippen LogP contribution in [-0.2, 0) is 6.54 Å². The van der Waals surface area contributed by atoms with Crippen molar-refractivity contribution < 1.29 is 5.11 Å². The van der Waals surface area contributed by atoms with E-state index in [-0.39, 0.29) is 6.61 Å². The van der Waals surface area contributed by atoms with Crippen LogP contribution in [0.4, 0.5) is 0 Å². The van der Waals surface area contributed by atoms with Gasteiger partial charge in [0.15, 0.2) is 11.6 Å². The van der Waals surface area contributed by atoms with Crippen molar-refractivity contribution in [2.45, 2.75) is 25.3 Å². The second kappa shape index (κ2) is 5.56. The Morgan fingerprint density at radius 3 is 2.96 bits per heavy atom. The van der Waals surface area contributed by atoms with Crippen LogP contribution in [0, 0.1) is 0 Å². The minimum atomic E-state index is 0.00356. The van der Waals surface area contributed by atoms with Gasteiger partial charge in [-0.05, 0) is 25.0 Å². The zero-order valence-electron chi connectivity index (χ0n) is 13.6. The van der Waals surface area contributed by atoms with E-state index in [1.54, 1.807) is 4.68 Å². The Morgan fingerprint density at radius 1 is 1.24 bits per heavy atom. The Hall–Kier alpha value is -2.93. The zero-order valence-corrected chi connectivity index (χ0v) is 13.6. The number of fused-ring (bicyclic) bond motifs is 1. The van der Waals surface area contributed by atoms with Gasteiger partial charge in [0.1, 0.15) is 5.69 Å². The number of aliphatic hydroxyl groups is 1. The molecular weight excluding hydrogens is 316 g/mol. The zero-order chi connectivity index (χ0) is 16.8. The Morgan fingerprint density at radius 2 is 2.12 bits per heavy atom. The molecule has 1 fully saturated rings. The molecule has 0 bridgehead atoms. The summed E-state index contributed by atoms with van der Waals surface area (Å²) in [7, 11) is 0. The molecule has 4 aromatic rings. The molecule has 0 atom stereocenters. The van der Waals surface area contributed by atoms with Crippen LogP contribution in [0.5, 0.6) is 0 Å². The van der Waals surface area contributed by atoms with Gasteiger partial charge in [0.05, 0.1) is 13.2 Å². The first-order chi connectivity index (χ1) is 12.3. The highest BCUT2D eigenvalue weighted by molar-refractivity contribution is 5.93. The van der Waals surface area contributed by atoms with Gasteiger partial charge in [0, 0.05) is 34.3 Å². The quantitative estimate of drug-likeness (QED) is 0.523. The van der Waals surface area contributed by atoms with Gasteiger partial charge in [0.25, 0.3) is 0 Å². The number of benzene rings is 1. The van der Waals surface area contributed by atoms with Crippen molar-refractivity contribution in [2.24, 2.45) is 0 Å². The van der Waals surface area contributed by atoms with Crippen molar-refractivity contribution in [1.29, 1.82) is 0 Å². The summed E-state index contributed by atoms with van der Waals surface area (Å²) >= 11 is 0. The topological polar surface area (TPSA) is 95.4 Å². The molecule has 0 aliphatic heterocycles. The number of H-pyrrole nitrogens is 2. The fourth-order valence-electron chi connectivity index (χ4n) is 3.21. The predicted octanol–water partition coefficient (Wildman–Crippen LogP) is 2.69. The Labute approximate surface area is 143 Å².